The first-order valence-corrected chi connectivity index (χ1v) is 12.2. The summed E-state index contributed by atoms with van der Waals surface area (Å²) in [5.41, 5.74) is 3.58. The summed E-state index contributed by atoms with van der Waals surface area (Å²) in [5, 5.41) is 3.46. The number of aliphatic imine (C=N–C) groups is 1. The average Bonchev–Trinajstić information content (AvgIpc) is 3.47. The minimum Gasteiger partial charge on any atom is -0.376 e. The molecule has 34 heavy (non-hydrogen) atoms. The van der Waals surface area contributed by atoms with Gasteiger partial charge in [0, 0.05) is 45.1 Å². The van der Waals surface area contributed by atoms with Crippen molar-refractivity contribution in [3.63, 3.8) is 0 Å². The summed E-state index contributed by atoms with van der Waals surface area (Å²) in [6.45, 7) is 8.59. The number of ether oxygens (including phenoxy) is 1. The quantitative estimate of drug-likeness (QED) is 0.273. The molecule has 0 aromatic heterocycles. The Morgan fingerprint density at radius 1 is 1.09 bits per heavy atom. The maximum atomic E-state index is 11.9. The van der Waals surface area contributed by atoms with Crippen LogP contribution in [0.3, 0.4) is 0 Å². The first kappa shape index (κ1) is 26.5. The molecule has 2 saturated heterocycles. The van der Waals surface area contributed by atoms with Gasteiger partial charge in [-0.15, -0.1) is 24.0 Å². The van der Waals surface area contributed by atoms with E-state index in [0.29, 0.717) is 32.0 Å². The molecule has 0 bridgehead atoms. The Hall–Kier alpha value is -2.13. The number of likely N-dealkylation sites (tertiary alicyclic amines) is 2. The van der Waals surface area contributed by atoms with Gasteiger partial charge in [0.1, 0.15) is 0 Å². The van der Waals surface area contributed by atoms with Crippen molar-refractivity contribution in [2.45, 2.75) is 45.9 Å². The van der Waals surface area contributed by atoms with Crippen molar-refractivity contribution in [1.82, 2.24) is 15.1 Å². The Morgan fingerprint density at radius 2 is 1.88 bits per heavy atom. The number of benzene rings is 2. The predicted octanol–water partition coefficient (Wildman–Crippen LogP) is 4.43. The molecule has 2 aromatic carbocycles. The second-order valence-electron chi connectivity index (χ2n) is 9.01. The van der Waals surface area contributed by atoms with Crippen molar-refractivity contribution in [3.8, 4) is 0 Å². The Morgan fingerprint density at radius 3 is 2.65 bits per heavy atom. The van der Waals surface area contributed by atoms with E-state index >= 15 is 0 Å². The van der Waals surface area contributed by atoms with Crippen LogP contribution in [0.15, 0.2) is 59.6 Å². The summed E-state index contributed by atoms with van der Waals surface area (Å²) in [4.78, 5) is 21.2. The Balaban J connectivity index is 0.00000324. The highest BCUT2D eigenvalue weighted by atomic mass is 127. The zero-order chi connectivity index (χ0) is 22.9. The lowest BCUT2D eigenvalue weighted by molar-refractivity contribution is -0.128. The van der Waals surface area contributed by atoms with Gasteiger partial charge in [-0.05, 0) is 36.5 Å². The summed E-state index contributed by atoms with van der Waals surface area (Å²) >= 11 is 0. The minimum atomic E-state index is 0. The van der Waals surface area contributed by atoms with Gasteiger partial charge in [-0.1, -0.05) is 54.6 Å². The molecule has 1 amide bonds. The van der Waals surface area contributed by atoms with Crippen molar-refractivity contribution in [2.75, 3.05) is 32.8 Å². The SMILES string of the molecule is CCNC(=NCc1cccc(CN2CCCC2=O)c1)N1CCC(COCc2ccccc2)C1.I. The van der Waals surface area contributed by atoms with Gasteiger partial charge in [0.25, 0.3) is 0 Å². The number of halogens is 1. The number of carbonyl (C=O) groups is 1. The van der Waals surface area contributed by atoms with Gasteiger partial charge >= 0.3 is 0 Å². The topological polar surface area (TPSA) is 57.2 Å². The van der Waals surface area contributed by atoms with Crippen molar-refractivity contribution < 1.29 is 9.53 Å². The molecule has 4 rings (SSSR count). The third-order valence-corrected chi connectivity index (χ3v) is 6.33. The highest BCUT2D eigenvalue weighted by molar-refractivity contribution is 14.0. The second kappa shape index (κ2) is 13.7. The van der Waals surface area contributed by atoms with E-state index in [-0.39, 0.29) is 29.9 Å². The van der Waals surface area contributed by atoms with Crippen LogP contribution in [-0.4, -0.2) is 54.5 Å². The number of nitrogens with one attached hydrogen (secondary N) is 1. The number of hydrogen-bond acceptors (Lipinski definition) is 3. The monoisotopic (exact) mass is 576 g/mol. The first-order chi connectivity index (χ1) is 16.2. The number of hydrogen-bond donors (Lipinski definition) is 1. The summed E-state index contributed by atoms with van der Waals surface area (Å²) < 4.78 is 5.98. The molecule has 2 heterocycles. The number of guanidine groups is 1. The maximum absolute atomic E-state index is 11.9. The van der Waals surface area contributed by atoms with E-state index in [2.05, 4.69) is 65.7 Å². The standard InChI is InChI=1S/C27H36N4O2.HI/c1-2-28-27(31-15-13-25(19-31)21-33-20-22-8-4-3-5-9-22)29-17-23-10-6-11-24(16-23)18-30-14-7-12-26(30)32;/h3-6,8-11,16,25H,2,7,12-15,17-21H2,1H3,(H,28,29);1H. The highest BCUT2D eigenvalue weighted by Crippen LogP contribution is 2.19. The molecule has 2 fully saturated rings. The normalized spacial score (nSPS) is 18.3. The molecular weight excluding hydrogens is 539 g/mol. The van der Waals surface area contributed by atoms with Crippen LogP contribution in [0.25, 0.3) is 0 Å². The lowest BCUT2D eigenvalue weighted by atomic mass is 10.1. The van der Waals surface area contributed by atoms with Gasteiger partial charge in [0.15, 0.2) is 5.96 Å². The van der Waals surface area contributed by atoms with Crippen LogP contribution in [0.5, 0.6) is 0 Å². The van der Waals surface area contributed by atoms with Gasteiger partial charge in [0.05, 0.1) is 19.8 Å². The van der Waals surface area contributed by atoms with Crippen LogP contribution in [0.4, 0.5) is 0 Å². The van der Waals surface area contributed by atoms with E-state index in [4.69, 9.17) is 9.73 Å². The summed E-state index contributed by atoms with van der Waals surface area (Å²) in [5.74, 6) is 1.77. The molecule has 184 valence electrons. The van der Waals surface area contributed by atoms with Crippen LogP contribution >= 0.6 is 24.0 Å². The average molecular weight is 577 g/mol. The number of carbonyl (C=O) groups excluding carboxylic acids is 1. The fourth-order valence-corrected chi connectivity index (χ4v) is 4.59. The van der Waals surface area contributed by atoms with Crippen LogP contribution < -0.4 is 5.32 Å². The molecule has 1 atom stereocenters. The van der Waals surface area contributed by atoms with Crippen LogP contribution in [0, 0.1) is 5.92 Å². The maximum Gasteiger partial charge on any atom is 0.222 e. The molecule has 0 aliphatic carbocycles. The molecule has 2 aliphatic heterocycles. The van der Waals surface area contributed by atoms with Crippen molar-refractivity contribution in [3.05, 3.63) is 71.3 Å². The zero-order valence-corrected chi connectivity index (χ0v) is 22.4. The Bertz CT molecular complexity index is 937. The number of amides is 1. The minimum absolute atomic E-state index is 0. The fraction of sp³-hybridized carbons (Fsp3) is 0.481. The second-order valence-corrected chi connectivity index (χ2v) is 9.01. The van der Waals surface area contributed by atoms with E-state index in [1.54, 1.807) is 0 Å². The molecule has 1 N–H and O–H groups in total. The lowest BCUT2D eigenvalue weighted by Crippen LogP contribution is -2.40. The summed E-state index contributed by atoms with van der Waals surface area (Å²) in [7, 11) is 0. The van der Waals surface area contributed by atoms with E-state index < -0.39 is 0 Å². The number of nitrogens with zero attached hydrogens (tertiary/aromatic N) is 3. The van der Waals surface area contributed by atoms with Gasteiger partial charge in [-0.25, -0.2) is 4.99 Å². The van der Waals surface area contributed by atoms with Crippen LogP contribution in [-0.2, 0) is 29.2 Å². The first-order valence-electron chi connectivity index (χ1n) is 12.2. The Labute approximate surface area is 220 Å². The Kier molecular flexibility index (Phi) is 10.7. The molecule has 7 heteroatoms. The lowest BCUT2D eigenvalue weighted by Gasteiger charge is -2.22. The predicted molar refractivity (Wildman–Crippen MR) is 147 cm³/mol. The molecule has 6 nitrogen and oxygen atoms in total. The fourth-order valence-electron chi connectivity index (χ4n) is 4.59. The van der Waals surface area contributed by atoms with Crippen molar-refractivity contribution >= 4 is 35.8 Å². The smallest absolute Gasteiger partial charge is 0.222 e. The van der Waals surface area contributed by atoms with Crippen LogP contribution in [0.2, 0.25) is 0 Å². The molecule has 2 aliphatic rings. The summed E-state index contributed by atoms with van der Waals surface area (Å²) in [6.07, 6.45) is 2.78. The molecular formula is C27H37IN4O2. The summed E-state index contributed by atoms with van der Waals surface area (Å²) in [6, 6.07) is 18.8. The van der Waals surface area contributed by atoms with Gasteiger partial charge < -0.3 is 19.9 Å². The molecule has 0 saturated carbocycles. The van der Waals surface area contributed by atoms with Gasteiger partial charge in [0.2, 0.25) is 5.91 Å². The van der Waals surface area contributed by atoms with Crippen molar-refractivity contribution in [1.29, 1.82) is 0 Å². The molecule has 0 spiro atoms. The van der Waals surface area contributed by atoms with Crippen molar-refractivity contribution in [2.24, 2.45) is 10.9 Å². The molecule has 2 aromatic rings. The molecule has 1 unspecified atom stereocenters. The zero-order valence-electron chi connectivity index (χ0n) is 20.1. The van der Waals surface area contributed by atoms with E-state index in [0.717, 1.165) is 51.6 Å². The third kappa shape index (κ3) is 7.70. The van der Waals surface area contributed by atoms with E-state index in [1.165, 1.54) is 16.7 Å². The largest absolute Gasteiger partial charge is 0.376 e. The van der Waals surface area contributed by atoms with Gasteiger partial charge in [-0.2, -0.15) is 0 Å². The molecule has 0 radical (unpaired) electrons. The third-order valence-electron chi connectivity index (χ3n) is 6.33. The number of rotatable bonds is 9. The van der Waals surface area contributed by atoms with E-state index in [1.807, 2.05) is 11.0 Å². The highest BCUT2D eigenvalue weighted by Gasteiger charge is 2.25. The van der Waals surface area contributed by atoms with Crippen LogP contribution in [0.1, 0.15) is 42.9 Å². The van der Waals surface area contributed by atoms with Gasteiger partial charge in [-0.3, -0.25) is 4.79 Å². The van der Waals surface area contributed by atoms with E-state index in [9.17, 15) is 4.79 Å².